The van der Waals surface area contributed by atoms with E-state index in [9.17, 15) is 9.18 Å². The number of ether oxygens (including phenoxy) is 2. The summed E-state index contributed by atoms with van der Waals surface area (Å²) in [4.78, 5) is 18.6. The third-order valence-electron chi connectivity index (χ3n) is 5.47. The van der Waals surface area contributed by atoms with E-state index in [-0.39, 0.29) is 18.5 Å². The zero-order chi connectivity index (χ0) is 25.6. The number of carbonyl (C=O) groups is 1. The van der Waals surface area contributed by atoms with Gasteiger partial charge in [0.25, 0.3) is 0 Å². The van der Waals surface area contributed by atoms with Gasteiger partial charge in [0.1, 0.15) is 23.8 Å². The fourth-order valence-corrected chi connectivity index (χ4v) is 3.89. The van der Waals surface area contributed by atoms with Gasteiger partial charge in [-0.15, -0.1) is 0 Å². The highest BCUT2D eigenvalue weighted by molar-refractivity contribution is 5.73. The zero-order valence-corrected chi connectivity index (χ0v) is 21.5. The van der Waals surface area contributed by atoms with Crippen molar-refractivity contribution in [3.8, 4) is 16.9 Å². The molecule has 2 aromatic carbocycles. The molecule has 35 heavy (non-hydrogen) atoms. The topological polar surface area (TPSA) is 51.7 Å². The van der Waals surface area contributed by atoms with Crippen LogP contribution in [0.4, 0.5) is 9.18 Å². The number of pyridine rings is 1. The summed E-state index contributed by atoms with van der Waals surface area (Å²) in [5.74, 6) is 0.249. The van der Waals surface area contributed by atoms with Crippen molar-refractivity contribution < 1.29 is 18.7 Å². The highest BCUT2D eigenvalue weighted by Gasteiger charge is 2.26. The van der Waals surface area contributed by atoms with E-state index >= 15 is 0 Å². The molecule has 3 aromatic rings. The van der Waals surface area contributed by atoms with Gasteiger partial charge in [0, 0.05) is 24.8 Å². The quantitative estimate of drug-likeness (QED) is 0.401. The van der Waals surface area contributed by atoms with Gasteiger partial charge in [-0.25, -0.2) is 9.18 Å². The van der Waals surface area contributed by atoms with E-state index in [0.717, 1.165) is 28.8 Å². The Hall–Kier alpha value is -3.41. The Morgan fingerprint density at radius 3 is 2.54 bits per heavy atom. The minimum atomic E-state index is -0.542. The van der Waals surface area contributed by atoms with Crippen LogP contribution in [-0.4, -0.2) is 28.1 Å². The van der Waals surface area contributed by atoms with Gasteiger partial charge >= 0.3 is 6.09 Å². The fraction of sp³-hybridized carbons (Fsp3) is 0.379. The molecule has 5 nitrogen and oxygen atoms in total. The number of nitrogens with zero attached hydrogens (tertiary/aromatic N) is 2. The van der Waals surface area contributed by atoms with E-state index in [1.807, 2.05) is 71.9 Å². The summed E-state index contributed by atoms with van der Waals surface area (Å²) in [6.07, 6.45) is 2.18. The van der Waals surface area contributed by atoms with Gasteiger partial charge in [-0.2, -0.15) is 0 Å². The molecule has 6 heteroatoms. The standard InChI is InChI=1S/C27H29FN2O3.C2H6/c1-18-9-11-29-23(13-18)17-32-25-8-7-22(28)15-24(25)20-6-5-19-10-12-30(16-21(19)14-20)26(31)33-27(2,3)4;1-2/h5-9,11,13-15H,10,12,16-17H2,1-4H3;1-2H3. The van der Waals surface area contributed by atoms with Gasteiger partial charge in [-0.05, 0) is 92.8 Å². The van der Waals surface area contributed by atoms with E-state index in [4.69, 9.17) is 9.47 Å². The molecule has 0 bridgehead atoms. The van der Waals surface area contributed by atoms with Gasteiger partial charge < -0.3 is 14.4 Å². The first-order valence-corrected chi connectivity index (χ1v) is 12.1. The lowest BCUT2D eigenvalue weighted by Gasteiger charge is -2.31. The molecule has 1 aromatic heterocycles. The zero-order valence-electron chi connectivity index (χ0n) is 21.5. The lowest BCUT2D eigenvalue weighted by atomic mass is 9.94. The van der Waals surface area contributed by atoms with Crippen LogP contribution in [0.25, 0.3) is 11.1 Å². The van der Waals surface area contributed by atoms with E-state index in [1.165, 1.54) is 17.7 Å². The second-order valence-electron chi connectivity index (χ2n) is 9.39. The van der Waals surface area contributed by atoms with Crippen molar-refractivity contribution >= 4 is 6.09 Å². The van der Waals surface area contributed by atoms with Crippen molar-refractivity contribution in [1.82, 2.24) is 9.88 Å². The Kier molecular flexibility index (Phi) is 8.49. The number of hydrogen-bond donors (Lipinski definition) is 0. The number of carbonyl (C=O) groups excluding carboxylic acids is 1. The summed E-state index contributed by atoms with van der Waals surface area (Å²) in [6.45, 7) is 12.9. The molecule has 0 saturated heterocycles. The van der Waals surface area contributed by atoms with Crippen LogP contribution in [0.15, 0.2) is 54.7 Å². The monoisotopic (exact) mass is 478 g/mol. The molecular formula is C29H35FN2O3. The number of rotatable bonds is 4. The number of aromatic nitrogens is 1. The molecule has 0 fully saturated rings. The lowest BCUT2D eigenvalue weighted by molar-refractivity contribution is 0.0224. The first kappa shape index (κ1) is 26.2. The highest BCUT2D eigenvalue weighted by Crippen LogP contribution is 2.34. The Morgan fingerprint density at radius 2 is 1.83 bits per heavy atom. The first-order chi connectivity index (χ1) is 16.7. The van der Waals surface area contributed by atoms with Crippen LogP contribution in [0, 0.1) is 12.7 Å². The highest BCUT2D eigenvalue weighted by atomic mass is 19.1. The number of halogens is 1. The van der Waals surface area contributed by atoms with Crippen molar-refractivity contribution in [1.29, 1.82) is 0 Å². The van der Waals surface area contributed by atoms with Gasteiger partial charge in [0.15, 0.2) is 0 Å². The lowest BCUT2D eigenvalue weighted by Crippen LogP contribution is -2.39. The average Bonchev–Trinajstić information content (AvgIpc) is 2.83. The minimum absolute atomic E-state index is 0.289. The summed E-state index contributed by atoms with van der Waals surface area (Å²) in [6, 6.07) is 14.5. The van der Waals surface area contributed by atoms with Crippen LogP contribution < -0.4 is 4.74 Å². The SMILES string of the molecule is CC.Cc1ccnc(COc2ccc(F)cc2-c2ccc3c(c2)CN(C(=O)OC(C)(C)C)CC3)c1. The maximum atomic E-state index is 14.2. The maximum Gasteiger partial charge on any atom is 0.410 e. The predicted molar refractivity (Wildman–Crippen MR) is 137 cm³/mol. The summed E-state index contributed by atoms with van der Waals surface area (Å²) in [5.41, 5.74) is 5.09. The molecule has 186 valence electrons. The van der Waals surface area contributed by atoms with Crippen LogP contribution in [0.1, 0.15) is 57.0 Å². The molecule has 4 rings (SSSR count). The summed E-state index contributed by atoms with van der Waals surface area (Å²) >= 11 is 0. The smallest absolute Gasteiger partial charge is 0.410 e. The van der Waals surface area contributed by atoms with Gasteiger partial charge in [-0.1, -0.05) is 26.0 Å². The molecule has 0 radical (unpaired) electrons. The Balaban J connectivity index is 0.00000167. The van der Waals surface area contributed by atoms with Gasteiger partial charge in [0.05, 0.1) is 5.69 Å². The van der Waals surface area contributed by atoms with E-state index in [0.29, 0.717) is 24.4 Å². The molecule has 2 heterocycles. The Labute approximate surface area is 207 Å². The van der Waals surface area contributed by atoms with Crippen LogP contribution >= 0.6 is 0 Å². The largest absolute Gasteiger partial charge is 0.487 e. The van der Waals surface area contributed by atoms with Crippen molar-refractivity contribution in [2.75, 3.05) is 6.54 Å². The normalized spacial score (nSPS) is 12.8. The molecular weight excluding hydrogens is 443 g/mol. The van der Waals surface area contributed by atoms with Gasteiger partial charge in [0.2, 0.25) is 0 Å². The summed E-state index contributed by atoms with van der Waals surface area (Å²) in [5, 5.41) is 0. The molecule has 0 N–H and O–H groups in total. The molecule has 0 spiro atoms. The van der Waals surface area contributed by atoms with Crippen LogP contribution in [0.5, 0.6) is 5.75 Å². The molecule has 1 aliphatic heterocycles. The van der Waals surface area contributed by atoms with Crippen LogP contribution in [0.2, 0.25) is 0 Å². The number of hydrogen-bond acceptors (Lipinski definition) is 4. The van der Waals surface area contributed by atoms with Crippen molar-refractivity contribution in [3.63, 3.8) is 0 Å². The molecule has 0 aliphatic carbocycles. The number of benzene rings is 2. The van der Waals surface area contributed by atoms with Crippen molar-refractivity contribution in [3.05, 3.63) is 82.9 Å². The third-order valence-corrected chi connectivity index (χ3v) is 5.47. The molecule has 1 amide bonds. The van der Waals surface area contributed by atoms with Crippen molar-refractivity contribution in [2.24, 2.45) is 0 Å². The van der Waals surface area contributed by atoms with E-state index in [1.54, 1.807) is 17.2 Å². The molecule has 1 aliphatic rings. The second kappa shape index (κ2) is 11.3. The van der Waals surface area contributed by atoms with Gasteiger partial charge in [-0.3, -0.25) is 4.98 Å². The van der Waals surface area contributed by atoms with E-state index in [2.05, 4.69) is 4.98 Å². The second-order valence-corrected chi connectivity index (χ2v) is 9.39. The average molecular weight is 479 g/mol. The molecule has 0 unspecified atom stereocenters. The number of fused-ring (bicyclic) bond motifs is 1. The summed E-state index contributed by atoms with van der Waals surface area (Å²) < 4.78 is 25.7. The Morgan fingerprint density at radius 1 is 1.06 bits per heavy atom. The molecule has 0 atom stereocenters. The van der Waals surface area contributed by atoms with Crippen LogP contribution in [-0.2, 0) is 24.3 Å². The third kappa shape index (κ3) is 7.04. The predicted octanol–water partition coefficient (Wildman–Crippen LogP) is 7.09. The maximum absolute atomic E-state index is 14.2. The number of aryl methyl sites for hydroxylation is 1. The minimum Gasteiger partial charge on any atom is -0.487 e. The van der Waals surface area contributed by atoms with E-state index < -0.39 is 5.60 Å². The fourth-order valence-electron chi connectivity index (χ4n) is 3.89. The van der Waals surface area contributed by atoms with Crippen LogP contribution in [0.3, 0.4) is 0 Å². The summed E-state index contributed by atoms with van der Waals surface area (Å²) in [7, 11) is 0. The van der Waals surface area contributed by atoms with Crippen molar-refractivity contribution in [2.45, 2.75) is 66.7 Å². The Bertz CT molecular complexity index is 1170. The first-order valence-electron chi connectivity index (χ1n) is 12.1. The molecule has 0 saturated carbocycles. The number of amides is 1.